The van der Waals surface area contributed by atoms with E-state index >= 15 is 0 Å². The van der Waals surface area contributed by atoms with Crippen molar-refractivity contribution in [2.24, 2.45) is 0 Å². The Morgan fingerprint density at radius 2 is 0.914 bits per heavy atom. The summed E-state index contributed by atoms with van der Waals surface area (Å²) in [5.41, 5.74) is 0.543. The summed E-state index contributed by atoms with van der Waals surface area (Å²) in [6, 6.07) is 36.5. The Labute approximate surface area is 201 Å². The molecule has 164 valence electrons. The quantitative estimate of drug-likeness (QED) is 0.150. The second kappa shape index (κ2) is 7.41. The summed E-state index contributed by atoms with van der Waals surface area (Å²) >= 11 is 0. The van der Waals surface area contributed by atoms with Gasteiger partial charge in [-0.25, -0.2) is 4.79 Å². The average molecular weight is 449 g/mol. The van der Waals surface area contributed by atoms with Crippen LogP contribution in [0.2, 0.25) is 0 Å². The summed E-state index contributed by atoms with van der Waals surface area (Å²) < 4.78 is 5.05. The monoisotopic (exact) mass is 448 g/mol. The minimum atomic E-state index is -0.392. The van der Waals surface area contributed by atoms with Crippen molar-refractivity contribution >= 4 is 70.6 Å². The van der Waals surface area contributed by atoms with Crippen LogP contribution in [0.4, 0.5) is 0 Å². The van der Waals surface area contributed by atoms with E-state index < -0.39 is 5.97 Å². The SMILES string of the molecule is C=COC(=O)c1cccc2cc3cc4cc5cc6cc7ccccc7cc6cc5cc4cc3cc12. The fourth-order valence-electron chi connectivity index (χ4n) is 5.29. The van der Waals surface area contributed by atoms with E-state index in [1.54, 1.807) is 6.07 Å². The van der Waals surface area contributed by atoms with Gasteiger partial charge in [0, 0.05) is 0 Å². The standard InChI is InChI=1S/C33H20O2/c1-2-35-33(34)31-9-5-8-22-12-25-15-28-16-26-13-23-10-20-6-3-4-7-21(20)11-24(23)14-27(26)17-29(28)18-30(25)19-32(22)31/h2-19H,1H2. The third kappa shape index (κ3) is 3.15. The topological polar surface area (TPSA) is 26.3 Å². The van der Waals surface area contributed by atoms with Crippen LogP contribution in [0.5, 0.6) is 0 Å². The molecule has 0 radical (unpaired) electrons. The van der Waals surface area contributed by atoms with Crippen molar-refractivity contribution in [2.45, 2.75) is 0 Å². The molecule has 0 aliphatic rings. The first-order valence-electron chi connectivity index (χ1n) is 11.6. The van der Waals surface area contributed by atoms with Crippen LogP contribution in [0.3, 0.4) is 0 Å². The minimum absolute atomic E-state index is 0.392. The van der Waals surface area contributed by atoms with Crippen LogP contribution in [0.25, 0.3) is 64.6 Å². The van der Waals surface area contributed by atoms with Crippen molar-refractivity contribution in [1.29, 1.82) is 0 Å². The summed E-state index contributed by atoms with van der Waals surface area (Å²) in [6.45, 7) is 3.51. The van der Waals surface area contributed by atoms with E-state index in [9.17, 15) is 4.79 Å². The Morgan fingerprint density at radius 1 is 0.514 bits per heavy atom. The van der Waals surface area contributed by atoms with Crippen molar-refractivity contribution < 1.29 is 9.53 Å². The average Bonchev–Trinajstić information content (AvgIpc) is 2.87. The van der Waals surface area contributed by atoms with Crippen molar-refractivity contribution in [3.8, 4) is 0 Å². The summed E-state index contributed by atoms with van der Waals surface area (Å²) in [5.74, 6) is -0.392. The summed E-state index contributed by atoms with van der Waals surface area (Å²) in [5, 5.41) is 14.0. The highest BCUT2D eigenvalue weighted by Crippen LogP contribution is 2.33. The van der Waals surface area contributed by atoms with Gasteiger partial charge in [0.1, 0.15) is 0 Å². The molecule has 0 N–H and O–H groups in total. The minimum Gasteiger partial charge on any atom is -0.432 e. The molecule has 0 saturated heterocycles. The number of fused-ring (bicyclic) bond motifs is 6. The molecule has 2 nitrogen and oxygen atoms in total. The Balaban J connectivity index is 1.47. The van der Waals surface area contributed by atoms with Gasteiger partial charge in [0.15, 0.2) is 0 Å². The maximum Gasteiger partial charge on any atom is 0.343 e. The molecule has 7 aromatic rings. The van der Waals surface area contributed by atoms with Gasteiger partial charge in [-0.3, -0.25) is 0 Å². The van der Waals surface area contributed by atoms with Crippen LogP contribution < -0.4 is 0 Å². The molecule has 7 rings (SSSR count). The van der Waals surface area contributed by atoms with Crippen molar-refractivity contribution in [2.75, 3.05) is 0 Å². The van der Waals surface area contributed by atoms with Gasteiger partial charge in [-0.2, -0.15) is 0 Å². The first kappa shape index (κ1) is 19.7. The molecule has 0 heterocycles. The molecule has 0 aliphatic heterocycles. The Kier molecular flexibility index (Phi) is 4.18. The van der Waals surface area contributed by atoms with E-state index in [2.05, 4.69) is 91.5 Å². The number of rotatable bonds is 2. The highest BCUT2D eigenvalue weighted by Gasteiger charge is 2.12. The molecule has 0 spiro atoms. The molecule has 35 heavy (non-hydrogen) atoms. The number of ether oxygens (including phenoxy) is 1. The number of hydrogen-bond donors (Lipinski definition) is 0. The molecule has 0 fully saturated rings. The van der Waals surface area contributed by atoms with Gasteiger partial charge >= 0.3 is 5.97 Å². The van der Waals surface area contributed by atoms with Crippen LogP contribution >= 0.6 is 0 Å². The number of esters is 1. The second-order valence-corrected chi connectivity index (χ2v) is 9.10. The summed E-state index contributed by atoms with van der Waals surface area (Å²) in [6.07, 6.45) is 1.17. The molecule has 7 aromatic carbocycles. The molecule has 0 aliphatic carbocycles. The van der Waals surface area contributed by atoms with E-state index in [0.29, 0.717) is 5.56 Å². The van der Waals surface area contributed by atoms with Crippen LogP contribution in [0.15, 0.2) is 116 Å². The maximum atomic E-state index is 12.4. The molecule has 0 aromatic heterocycles. The van der Waals surface area contributed by atoms with Gasteiger partial charge in [0.25, 0.3) is 0 Å². The van der Waals surface area contributed by atoms with E-state index in [1.807, 2.05) is 12.1 Å². The molecular formula is C33H20O2. The largest absolute Gasteiger partial charge is 0.432 e. The molecular weight excluding hydrogens is 428 g/mol. The highest BCUT2D eigenvalue weighted by molar-refractivity contribution is 6.13. The summed E-state index contributed by atoms with van der Waals surface area (Å²) in [7, 11) is 0. The van der Waals surface area contributed by atoms with Crippen LogP contribution in [-0.4, -0.2) is 5.97 Å². The predicted molar refractivity (Wildman–Crippen MR) is 147 cm³/mol. The Bertz CT molecular complexity index is 2010. The fraction of sp³-hybridized carbons (Fsp3) is 0. The van der Waals surface area contributed by atoms with Crippen LogP contribution in [0, 0.1) is 0 Å². The molecule has 0 bridgehead atoms. The lowest BCUT2D eigenvalue weighted by Crippen LogP contribution is -2.01. The highest BCUT2D eigenvalue weighted by atomic mass is 16.5. The molecule has 0 saturated carbocycles. The third-order valence-corrected chi connectivity index (χ3v) is 6.98. The number of carbonyl (C=O) groups is 1. The zero-order valence-electron chi connectivity index (χ0n) is 18.9. The first-order chi connectivity index (χ1) is 17.2. The lowest BCUT2D eigenvalue weighted by atomic mass is 9.94. The lowest BCUT2D eigenvalue weighted by Gasteiger charge is -2.10. The van der Waals surface area contributed by atoms with Gasteiger partial charge in [-0.15, -0.1) is 0 Å². The van der Waals surface area contributed by atoms with Crippen LogP contribution in [0.1, 0.15) is 10.4 Å². The van der Waals surface area contributed by atoms with E-state index in [0.717, 1.165) is 21.5 Å². The normalized spacial score (nSPS) is 11.7. The van der Waals surface area contributed by atoms with E-state index in [-0.39, 0.29) is 0 Å². The van der Waals surface area contributed by atoms with Gasteiger partial charge in [-0.05, 0) is 131 Å². The van der Waals surface area contributed by atoms with Crippen molar-refractivity contribution in [1.82, 2.24) is 0 Å². The molecule has 2 heteroatoms. The van der Waals surface area contributed by atoms with Gasteiger partial charge in [0.2, 0.25) is 0 Å². The van der Waals surface area contributed by atoms with E-state index in [4.69, 9.17) is 4.74 Å². The number of benzene rings is 7. The molecule has 0 unspecified atom stereocenters. The maximum absolute atomic E-state index is 12.4. The Morgan fingerprint density at radius 3 is 1.40 bits per heavy atom. The van der Waals surface area contributed by atoms with Gasteiger partial charge < -0.3 is 4.74 Å². The fourth-order valence-corrected chi connectivity index (χ4v) is 5.29. The third-order valence-electron chi connectivity index (χ3n) is 6.98. The zero-order valence-corrected chi connectivity index (χ0v) is 18.9. The number of hydrogen-bond acceptors (Lipinski definition) is 2. The van der Waals surface area contributed by atoms with Gasteiger partial charge in [0.05, 0.1) is 11.8 Å². The smallest absolute Gasteiger partial charge is 0.343 e. The van der Waals surface area contributed by atoms with Crippen molar-refractivity contribution in [3.63, 3.8) is 0 Å². The lowest BCUT2D eigenvalue weighted by molar-refractivity contribution is 0.0666. The van der Waals surface area contributed by atoms with E-state index in [1.165, 1.54) is 49.4 Å². The summed E-state index contributed by atoms with van der Waals surface area (Å²) in [4.78, 5) is 12.4. The van der Waals surface area contributed by atoms with Gasteiger partial charge in [-0.1, -0.05) is 43.0 Å². The van der Waals surface area contributed by atoms with Crippen LogP contribution in [-0.2, 0) is 4.74 Å². The van der Waals surface area contributed by atoms with Crippen molar-refractivity contribution in [3.05, 3.63) is 122 Å². The molecule has 0 amide bonds. The zero-order chi connectivity index (χ0) is 23.5. The predicted octanol–water partition coefficient (Wildman–Crippen LogP) is 8.91. The number of carbonyl (C=O) groups excluding carboxylic acids is 1. The Hall–Kier alpha value is -4.69. The molecule has 0 atom stereocenters. The first-order valence-corrected chi connectivity index (χ1v) is 11.6. The second-order valence-electron chi connectivity index (χ2n) is 9.10.